The fourth-order valence-corrected chi connectivity index (χ4v) is 3.18. The monoisotopic (exact) mass is 378 g/mol. The third-order valence-corrected chi connectivity index (χ3v) is 4.33. The van der Waals surface area contributed by atoms with Crippen molar-refractivity contribution in [1.82, 2.24) is 34.4 Å². The van der Waals surface area contributed by atoms with Gasteiger partial charge in [0.1, 0.15) is 16.7 Å². The van der Waals surface area contributed by atoms with Gasteiger partial charge in [0.2, 0.25) is 0 Å². The summed E-state index contributed by atoms with van der Waals surface area (Å²) in [5.74, 6) is 0.769. The van der Waals surface area contributed by atoms with Crippen molar-refractivity contribution in [2.45, 2.75) is 6.04 Å². The molecule has 0 radical (unpaired) electrons. The molecule has 0 fully saturated rings. The van der Waals surface area contributed by atoms with Gasteiger partial charge in [-0.25, -0.2) is 14.6 Å². The zero-order chi connectivity index (χ0) is 16.6. The van der Waals surface area contributed by atoms with Crippen molar-refractivity contribution in [3.05, 3.63) is 28.9 Å². The van der Waals surface area contributed by atoms with E-state index < -0.39 is 0 Å². The van der Waals surface area contributed by atoms with Gasteiger partial charge in [-0.2, -0.15) is 10.2 Å². The number of anilines is 1. The zero-order valence-corrected chi connectivity index (χ0v) is 15.1. The number of hydrogen-bond donors (Lipinski definition) is 1. The Balaban J connectivity index is 1.87. The summed E-state index contributed by atoms with van der Waals surface area (Å²) in [4.78, 5) is 10.8. The quantitative estimate of drug-likeness (QED) is 0.725. The smallest absolute Gasteiger partial charge is 0.164 e. The molecule has 23 heavy (non-hydrogen) atoms. The number of aromatic nitrogens is 6. The minimum Gasteiger partial charge on any atom is -0.367 e. The summed E-state index contributed by atoms with van der Waals surface area (Å²) in [6.07, 6.45) is 5.47. The van der Waals surface area contributed by atoms with Crippen LogP contribution in [0, 0.1) is 0 Å². The molecule has 8 nitrogen and oxygen atoms in total. The van der Waals surface area contributed by atoms with Crippen molar-refractivity contribution in [2.75, 3.05) is 26.0 Å². The Morgan fingerprint density at radius 2 is 2.09 bits per heavy atom. The molecule has 0 aromatic carbocycles. The molecule has 3 aromatic heterocycles. The third-order valence-electron chi connectivity index (χ3n) is 3.77. The highest BCUT2D eigenvalue weighted by atomic mass is 79.9. The Labute approximate surface area is 142 Å². The SMILES string of the molecule is CN(C)C(CNc1ncnc2c1c(Br)nn2C)c1cnn(C)c1. The van der Waals surface area contributed by atoms with Crippen LogP contribution in [0.5, 0.6) is 0 Å². The number of halogens is 1. The van der Waals surface area contributed by atoms with E-state index in [0.717, 1.165) is 27.0 Å². The molecular weight excluding hydrogens is 360 g/mol. The van der Waals surface area contributed by atoms with Crippen molar-refractivity contribution in [3.63, 3.8) is 0 Å². The zero-order valence-electron chi connectivity index (χ0n) is 13.5. The van der Waals surface area contributed by atoms with E-state index in [1.54, 1.807) is 11.0 Å². The van der Waals surface area contributed by atoms with Gasteiger partial charge in [-0.05, 0) is 30.0 Å². The van der Waals surface area contributed by atoms with Crippen LogP contribution in [-0.4, -0.2) is 55.1 Å². The van der Waals surface area contributed by atoms with E-state index >= 15 is 0 Å². The van der Waals surface area contributed by atoms with Crippen LogP contribution in [-0.2, 0) is 14.1 Å². The fraction of sp³-hybridized carbons (Fsp3) is 0.429. The summed E-state index contributed by atoms with van der Waals surface area (Å²) in [6.45, 7) is 0.701. The average molecular weight is 379 g/mol. The standard InChI is InChI=1S/C14H19BrN8/c1-21(2)10(9-5-19-22(3)7-9)6-16-13-11-12(15)20-23(4)14(11)18-8-17-13/h5,7-8,10H,6H2,1-4H3,(H,16,17,18). The second-order valence-corrected chi connectivity index (χ2v) is 6.39. The Hall–Kier alpha value is -2.00. The Morgan fingerprint density at radius 3 is 2.74 bits per heavy atom. The summed E-state index contributed by atoms with van der Waals surface area (Å²) < 4.78 is 4.28. The number of rotatable bonds is 5. The van der Waals surface area contributed by atoms with Gasteiger partial charge in [0.15, 0.2) is 5.65 Å². The van der Waals surface area contributed by atoms with Crippen molar-refractivity contribution in [3.8, 4) is 0 Å². The summed E-state index contributed by atoms with van der Waals surface area (Å²) in [5.41, 5.74) is 1.94. The minimum absolute atomic E-state index is 0.184. The molecule has 122 valence electrons. The number of nitrogens with one attached hydrogen (secondary N) is 1. The van der Waals surface area contributed by atoms with E-state index in [9.17, 15) is 0 Å². The molecule has 0 bridgehead atoms. The van der Waals surface area contributed by atoms with Crippen LogP contribution in [0.4, 0.5) is 5.82 Å². The lowest BCUT2D eigenvalue weighted by Gasteiger charge is -2.23. The molecule has 0 aliphatic heterocycles. The van der Waals surface area contributed by atoms with Gasteiger partial charge in [0.05, 0.1) is 17.6 Å². The molecule has 0 aliphatic rings. The van der Waals surface area contributed by atoms with Crippen LogP contribution in [0.2, 0.25) is 0 Å². The summed E-state index contributed by atoms with van der Waals surface area (Å²) >= 11 is 3.48. The van der Waals surface area contributed by atoms with E-state index in [1.807, 2.05) is 31.2 Å². The Kier molecular flexibility index (Phi) is 4.31. The maximum atomic E-state index is 4.37. The van der Waals surface area contributed by atoms with Crippen LogP contribution in [0.3, 0.4) is 0 Å². The number of hydrogen-bond acceptors (Lipinski definition) is 6. The second kappa shape index (κ2) is 6.25. The highest BCUT2D eigenvalue weighted by Crippen LogP contribution is 2.27. The molecule has 0 spiro atoms. The topological polar surface area (TPSA) is 76.7 Å². The lowest BCUT2D eigenvalue weighted by molar-refractivity contribution is 0.311. The minimum atomic E-state index is 0.184. The third kappa shape index (κ3) is 3.06. The van der Waals surface area contributed by atoms with Gasteiger partial charge in [-0.3, -0.25) is 4.68 Å². The molecule has 0 aliphatic carbocycles. The van der Waals surface area contributed by atoms with Crippen molar-refractivity contribution < 1.29 is 0 Å². The van der Waals surface area contributed by atoms with Gasteiger partial charge in [0.25, 0.3) is 0 Å². The molecule has 0 saturated heterocycles. The maximum Gasteiger partial charge on any atom is 0.164 e. The van der Waals surface area contributed by atoms with Crippen LogP contribution >= 0.6 is 15.9 Å². The van der Waals surface area contributed by atoms with E-state index in [0.29, 0.717) is 6.54 Å². The second-order valence-electron chi connectivity index (χ2n) is 5.64. The fourth-order valence-electron chi connectivity index (χ4n) is 2.58. The van der Waals surface area contributed by atoms with Gasteiger partial charge < -0.3 is 10.2 Å². The predicted octanol–water partition coefficient (Wildman–Crippen LogP) is 1.57. The molecular formula is C14H19BrN8. The molecule has 1 N–H and O–H groups in total. The number of nitrogens with zero attached hydrogens (tertiary/aromatic N) is 7. The molecule has 3 heterocycles. The van der Waals surface area contributed by atoms with E-state index in [4.69, 9.17) is 0 Å². The molecule has 9 heteroatoms. The lowest BCUT2D eigenvalue weighted by atomic mass is 10.1. The van der Waals surface area contributed by atoms with Crippen molar-refractivity contribution in [1.29, 1.82) is 0 Å². The Bertz CT molecular complexity index is 821. The highest BCUT2D eigenvalue weighted by Gasteiger charge is 2.18. The molecule has 1 unspecified atom stereocenters. The summed E-state index contributed by atoms with van der Waals surface area (Å²) in [5, 5.41) is 12.9. The maximum absolute atomic E-state index is 4.37. The van der Waals surface area contributed by atoms with E-state index in [-0.39, 0.29) is 6.04 Å². The molecule has 1 atom stereocenters. The summed E-state index contributed by atoms with van der Waals surface area (Å²) in [6, 6.07) is 0.184. The summed E-state index contributed by atoms with van der Waals surface area (Å²) in [7, 11) is 7.89. The van der Waals surface area contributed by atoms with Crippen LogP contribution in [0.25, 0.3) is 11.0 Å². The first kappa shape index (κ1) is 15.9. The number of aryl methyl sites for hydroxylation is 2. The van der Waals surface area contributed by atoms with Gasteiger partial charge in [-0.15, -0.1) is 0 Å². The van der Waals surface area contributed by atoms with Crippen molar-refractivity contribution in [2.24, 2.45) is 14.1 Å². The van der Waals surface area contributed by atoms with Crippen LogP contribution < -0.4 is 5.32 Å². The molecule has 0 amide bonds. The normalized spacial score (nSPS) is 13.0. The van der Waals surface area contributed by atoms with Crippen molar-refractivity contribution >= 4 is 32.8 Å². The van der Waals surface area contributed by atoms with Crippen LogP contribution in [0.1, 0.15) is 11.6 Å². The largest absolute Gasteiger partial charge is 0.367 e. The number of fused-ring (bicyclic) bond motifs is 1. The average Bonchev–Trinajstić information content (AvgIpc) is 3.04. The first-order valence-corrected chi connectivity index (χ1v) is 7.98. The van der Waals surface area contributed by atoms with E-state index in [2.05, 4.69) is 60.4 Å². The molecule has 3 rings (SSSR count). The molecule has 0 saturated carbocycles. The first-order valence-electron chi connectivity index (χ1n) is 7.19. The highest BCUT2D eigenvalue weighted by molar-refractivity contribution is 9.10. The van der Waals surface area contributed by atoms with Gasteiger partial charge in [0, 0.05) is 32.4 Å². The van der Waals surface area contributed by atoms with Gasteiger partial charge >= 0.3 is 0 Å². The molecule has 3 aromatic rings. The predicted molar refractivity (Wildman–Crippen MR) is 92.1 cm³/mol. The van der Waals surface area contributed by atoms with E-state index in [1.165, 1.54) is 0 Å². The lowest BCUT2D eigenvalue weighted by Crippen LogP contribution is -2.26. The van der Waals surface area contributed by atoms with Crippen LogP contribution in [0.15, 0.2) is 23.3 Å². The van der Waals surface area contributed by atoms with Gasteiger partial charge in [-0.1, -0.05) is 0 Å². The Morgan fingerprint density at radius 1 is 1.30 bits per heavy atom. The first-order chi connectivity index (χ1) is 11.0. The number of likely N-dealkylation sites (N-methyl/N-ethyl adjacent to an activating group) is 1.